The van der Waals surface area contributed by atoms with Crippen molar-refractivity contribution in [2.24, 2.45) is 0 Å². The SMILES string of the molecule is CCc1n[nH]c(=O)n1C(C)C. The summed E-state index contributed by atoms with van der Waals surface area (Å²) in [7, 11) is 0. The standard InChI is InChI=1S/C7H13N3O/c1-4-6-8-9-7(11)10(6)5(2)3/h5H,4H2,1-3H3,(H,9,11). The first-order valence-electron chi connectivity index (χ1n) is 3.82. The Labute approximate surface area is 65.2 Å². The van der Waals surface area contributed by atoms with Crippen molar-refractivity contribution in [3.8, 4) is 0 Å². The van der Waals surface area contributed by atoms with Crippen molar-refractivity contribution in [3.63, 3.8) is 0 Å². The van der Waals surface area contributed by atoms with Gasteiger partial charge in [0.1, 0.15) is 5.82 Å². The van der Waals surface area contributed by atoms with Gasteiger partial charge in [-0.3, -0.25) is 4.57 Å². The van der Waals surface area contributed by atoms with Crippen molar-refractivity contribution < 1.29 is 0 Å². The van der Waals surface area contributed by atoms with Crippen molar-refractivity contribution in [2.45, 2.75) is 33.2 Å². The van der Waals surface area contributed by atoms with Gasteiger partial charge in [0, 0.05) is 12.5 Å². The summed E-state index contributed by atoms with van der Waals surface area (Å²) in [5, 5.41) is 6.31. The van der Waals surface area contributed by atoms with Gasteiger partial charge in [-0.05, 0) is 13.8 Å². The van der Waals surface area contributed by atoms with E-state index in [1.165, 1.54) is 0 Å². The van der Waals surface area contributed by atoms with E-state index in [9.17, 15) is 4.79 Å². The Hall–Kier alpha value is -1.06. The topological polar surface area (TPSA) is 50.7 Å². The lowest BCUT2D eigenvalue weighted by molar-refractivity contribution is 0.555. The van der Waals surface area contributed by atoms with Crippen molar-refractivity contribution in [1.82, 2.24) is 14.8 Å². The second-order valence-electron chi connectivity index (χ2n) is 2.76. The Bertz CT molecular complexity index is 284. The van der Waals surface area contributed by atoms with Crippen LogP contribution in [0.1, 0.15) is 32.6 Å². The third-order valence-electron chi connectivity index (χ3n) is 1.61. The summed E-state index contributed by atoms with van der Waals surface area (Å²) < 4.78 is 1.67. The van der Waals surface area contributed by atoms with Gasteiger partial charge in [-0.2, -0.15) is 5.10 Å². The Morgan fingerprint density at radius 1 is 1.64 bits per heavy atom. The van der Waals surface area contributed by atoms with Gasteiger partial charge in [0.25, 0.3) is 0 Å². The van der Waals surface area contributed by atoms with E-state index in [0.29, 0.717) is 0 Å². The molecule has 0 aliphatic heterocycles. The summed E-state index contributed by atoms with van der Waals surface area (Å²) in [6, 6.07) is 0.191. The maximum absolute atomic E-state index is 11.1. The highest BCUT2D eigenvalue weighted by Gasteiger charge is 2.07. The molecule has 0 spiro atoms. The van der Waals surface area contributed by atoms with Crippen LogP contribution in [0.15, 0.2) is 4.79 Å². The van der Waals surface area contributed by atoms with Crippen LogP contribution in [0.4, 0.5) is 0 Å². The Kier molecular flexibility index (Phi) is 2.12. The van der Waals surface area contributed by atoms with Gasteiger partial charge >= 0.3 is 5.69 Å². The molecule has 1 rings (SSSR count). The highest BCUT2D eigenvalue weighted by molar-refractivity contribution is 4.87. The van der Waals surface area contributed by atoms with Crippen LogP contribution in [0.2, 0.25) is 0 Å². The molecule has 1 heterocycles. The number of aryl methyl sites for hydroxylation is 1. The van der Waals surface area contributed by atoms with Crippen molar-refractivity contribution in [3.05, 3.63) is 16.3 Å². The van der Waals surface area contributed by atoms with Gasteiger partial charge in [0.2, 0.25) is 0 Å². The van der Waals surface area contributed by atoms with E-state index < -0.39 is 0 Å². The second kappa shape index (κ2) is 2.90. The molecule has 11 heavy (non-hydrogen) atoms. The molecular formula is C7H13N3O. The van der Waals surface area contributed by atoms with E-state index in [2.05, 4.69) is 10.2 Å². The van der Waals surface area contributed by atoms with Gasteiger partial charge < -0.3 is 0 Å². The predicted octanol–water partition coefficient (Wildman–Crippen LogP) is 0.715. The molecule has 0 aromatic carbocycles. The molecule has 0 radical (unpaired) electrons. The van der Waals surface area contributed by atoms with E-state index in [1.54, 1.807) is 4.57 Å². The molecule has 4 heteroatoms. The first kappa shape index (κ1) is 8.04. The lowest BCUT2D eigenvalue weighted by Gasteiger charge is -2.06. The third-order valence-corrected chi connectivity index (χ3v) is 1.61. The summed E-state index contributed by atoms with van der Waals surface area (Å²) in [6.45, 7) is 5.92. The minimum absolute atomic E-state index is 0.114. The van der Waals surface area contributed by atoms with E-state index in [1.807, 2.05) is 20.8 Å². The Balaban J connectivity index is 3.18. The van der Waals surface area contributed by atoms with Crippen LogP contribution >= 0.6 is 0 Å². The average molecular weight is 155 g/mol. The first-order chi connectivity index (χ1) is 5.16. The maximum Gasteiger partial charge on any atom is 0.343 e. The molecular weight excluding hydrogens is 142 g/mol. The summed E-state index contributed by atoms with van der Waals surface area (Å²) in [5.41, 5.74) is -0.114. The van der Waals surface area contributed by atoms with Crippen LogP contribution in [0.5, 0.6) is 0 Å². The van der Waals surface area contributed by atoms with E-state index in [-0.39, 0.29) is 11.7 Å². The smallest absolute Gasteiger partial charge is 0.277 e. The molecule has 0 saturated heterocycles. The Morgan fingerprint density at radius 3 is 2.64 bits per heavy atom. The van der Waals surface area contributed by atoms with E-state index in [4.69, 9.17) is 0 Å². The molecule has 0 bridgehead atoms. The quantitative estimate of drug-likeness (QED) is 0.684. The zero-order valence-electron chi connectivity index (χ0n) is 7.09. The second-order valence-corrected chi connectivity index (χ2v) is 2.76. The van der Waals surface area contributed by atoms with Gasteiger partial charge in [0.05, 0.1) is 0 Å². The summed E-state index contributed by atoms with van der Waals surface area (Å²) in [4.78, 5) is 11.1. The largest absolute Gasteiger partial charge is 0.343 e. The minimum Gasteiger partial charge on any atom is -0.277 e. The molecule has 0 amide bonds. The molecule has 0 atom stereocenters. The average Bonchev–Trinajstić information content (AvgIpc) is 2.30. The number of H-pyrrole nitrogens is 1. The monoisotopic (exact) mass is 155 g/mol. The zero-order chi connectivity index (χ0) is 8.43. The number of hydrogen-bond acceptors (Lipinski definition) is 2. The number of aromatic nitrogens is 3. The van der Waals surface area contributed by atoms with Gasteiger partial charge in [-0.15, -0.1) is 0 Å². The van der Waals surface area contributed by atoms with Gasteiger partial charge in [-0.25, -0.2) is 9.89 Å². The van der Waals surface area contributed by atoms with Gasteiger partial charge in [-0.1, -0.05) is 6.92 Å². The maximum atomic E-state index is 11.1. The van der Waals surface area contributed by atoms with Crippen molar-refractivity contribution in [2.75, 3.05) is 0 Å². The molecule has 62 valence electrons. The minimum atomic E-state index is -0.114. The number of nitrogens with one attached hydrogen (secondary N) is 1. The Morgan fingerprint density at radius 2 is 2.27 bits per heavy atom. The summed E-state index contributed by atoms with van der Waals surface area (Å²) in [6.07, 6.45) is 0.789. The van der Waals surface area contributed by atoms with Crippen LogP contribution in [0, 0.1) is 0 Å². The third kappa shape index (κ3) is 1.34. The number of nitrogens with zero attached hydrogens (tertiary/aromatic N) is 2. The predicted molar refractivity (Wildman–Crippen MR) is 42.6 cm³/mol. The van der Waals surface area contributed by atoms with Crippen LogP contribution in [-0.4, -0.2) is 14.8 Å². The fraction of sp³-hybridized carbons (Fsp3) is 0.714. The molecule has 1 N–H and O–H groups in total. The van der Waals surface area contributed by atoms with Crippen LogP contribution in [0.3, 0.4) is 0 Å². The number of hydrogen-bond donors (Lipinski definition) is 1. The van der Waals surface area contributed by atoms with E-state index >= 15 is 0 Å². The lowest BCUT2D eigenvalue weighted by Crippen LogP contribution is -2.20. The highest BCUT2D eigenvalue weighted by atomic mass is 16.1. The first-order valence-corrected chi connectivity index (χ1v) is 3.82. The molecule has 1 aromatic rings. The van der Waals surface area contributed by atoms with Crippen molar-refractivity contribution >= 4 is 0 Å². The molecule has 1 aromatic heterocycles. The van der Waals surface area contributed by atoms with Gasteiger partial charge in [0.15, 0.2) is 0 Å². The number of aromatic amines is 1. The van der Waals surface area contributed by atoms with Crippen molar-refractivity contribution in [1.29, 1.82) is 0 Å². The van der Waals surface area contributed by atoms with Crippen LogP contribution in [0.25, 0.3) is 0 Å². The molecule has 0 unspecified atom stereocenters. The molecule has 0 saturated carbocycles. The van der Waals surface area contributed by atoms with Crippen LogP contribution in [-0.2, 0) is 6.42 Å². The molecule has 0 aliphatic rings. The lowest BCUT2D eigenvalue weighted by atomic mass is 10.3. The molecule has 0 aliphatic carbocycles. The normalized spacial score (nSPS) is 10.9. The summed E-state index contributed by atoms with van der Waals surface area (Å²) in [5.74, 6) is 0.824. The number of rotatable bonds is 2. The molecule has 0 fully saturated rings. The highest BCUT2D eigenvalue weighted by Crippen LogP contribution is 2.02. The fourth-order valence-corrected chi connectivity index (χ4v) is 1.12. The molecule has 4 nitrogen and oxygen atoms in total. The fourth-order valence-electron chi connectivity index (χ4n) is 1.12. The zero-order valence-corrected chi connectivity index (χ0v) is 7.09. The van der Waals surface area contributed by atoms with E-state index in [0.717, 1.165) is 12.2 Å². The van der Waals surface area contributed by atoms with Crippen LogP contribution < -0.4 is 5.69 Å². The summed E-state index contributed by atoms with van der Waals surface area (Å²) >= 11 is 0.